The molecule has 0 atom stereocenters. The normalized spacial score (nSPS) is 16.2. The van der Waals surface area contributed by atoms with Crippen molar-refractivity contribution in [2.75, 3.05) is 33.3 Å². The summed E-state index contributed by atoms with van der Waals surface area (Å²) in [6.45, 7) is 1.57. The summed E-state index contributed by atoms with van der Waals surface area (Å²) in [5, 5.41) is 0. The highest BCUT2D eigenvalue weighted by Crippen LogP contribution is 2.35. The van der Waals surface area contributed by atoms with Crippen molar-refractivity contribution < 1.29 is 14.3 Å². The van der Waals surface area contributed by atoms with Crippen LogP contribution in [0.5, 0.6) is 5.75 Å². The van der Waals surface area contributed by atoms with E-state index >= 15 is 0 Å². The minimum atomic E-state index is -0.387. The zero-order chi connectivity index (χ0) is 22.9. The quantitative estimate of drug-likeness (QED) is 0.590. The molecule has 5 rings (SSSR count). The number of amides is 2. The predicted molar refractivity (Wildman–Crippen MR) is 121 cm³/mol. The van der Waals surface area contributed by atoms with Gasteiger partial charge in [0.2, 0.25) is 5.91 Å². The van der Waals surface area contributed by atoms with Crippen molar-refractivity contribution in [1.29, 1.82) is 0 Å². The highest BCUT2D eigenvalue weighted by molar-refractivity contribution is 5.94. The predicted octanol–water partition coefficient (Wildman–Crippen LogP) is 1.66. The fourth-order valence-electron chi connectivity index (χ4n) is 4.19. The highest BCUT2D eigenvalue weighted by atomic mass is 16.5. The maximum absolute atomic E-state index is 13.2. The van der Waals surface area contributed by atoms with Gasteiger partial charge in [0.15, 0.2) is 11.3 Å². The summed E-state index contributed by atoms with van der Waals surface area (Å²) in [5.74, 6) is 0.373. The van der Waals surface area contributed by atoms with Crippen molar-refractivity contribution in [3.05, 3.63) is 64.2 Å². The summed E-state index contributed by atoms with van der Waals surface area (Å²) < 4.78 is 6.77. The molecule has 1 saturated heterocycles. The van der Waals surface area contributed by atoms with E-state index in [9.17, 15) is 14.4 Å². The summed E-state index contributed by atoms with van der Waals surface area (Å²) in [4.78, 5) is 51.1. The van der Waals surface area contributed by atoms with Crippen LogP contribution in [0.4, 0.5) is 0 Å². The number of nitrogens with zero attached hydrogens (tertiary/aromatic N) is 5. The Kier molecular flexibility index (Phi) is 5.53. The Hall–Kier alpha value is -3.75. The summed E-state index contributed by atoms with van der Waals surface area (Å²) >= 11 is 0. The number of pyridine rings is 1. The molecule has 1 aliphatic carbocycles. The van der Waals surface area contributed by atoms with E-state index in [2.05, 4.69) is 9.97 Å². The van der Waals surface area contributed by atoms with Crippen LogP contribution in [-0.2, 0) is 11.2 Å². The number of benzene rings is 1. The third kappa shape index (κ3) is 4.18. The maximum atomic E-state index is 13.2. The smallest absolute Gasteiger partial charge is 0.284 e. The van der Waals surface area contributed by atoms with Crippen LogP contribution in [0.15, 0.2) is 47.4 Å². The minimum absolute atomic E-state index is 0.0123. The van der Waals surface area contributed by atoms with Crippen LogP contribution >= 0.6 is 0 Å². The lowest BCUT2D eigenvalue weighted by molar-refractivity contribution is -0.131. The maximum Gasteiger partial charge on any atom is 0.284 e. The van der Waals surface area contributed by atoms with Crippen LogP contribution in [0.1, 0.15) is 34.9 Å². The van der Waals surface area contributed by atoms with Gasteiger partial charge in [-0.1, -0.05) is 12.1 Å². The Morgan fingerprint density at radius 1 is 1.03 bits per heavy atom. The first-order valence-corrected chi connectivity index (χ1v) is 11.1. The Morgan fingerprint density at radius 2 is 1.73 bits per heavy atom. The van der Waals surface area contributed by atoms with E-state index < -0.39 is 0 Å². The van der Waals surface area contributed by atoms with E-state index in [1.54, 1.807) is 39.8 Å². The van der Waals surface area contributed by atoms with Gasteiger partial charge in [0.25, 0.3) is 11.5 Å². The van der Waals surface area contributed by atoms with Crippen molar-refractivity contribution in [2.24, 2.45) is 0 Å². The van der Waals surface area contributed by atoms with Crippen molar-refractivity contribution in [3.63, 3.8) is 0 Å². The van der Waals surface area contributed by atoms with Crippen LogP contribution in [0.3, 0.4) is 0 Å². The average molecular weight is 447 g/mol. The van der Waals surface area contributed by atoms with Gasteiger partial charge in [-0.3, -0.25) is 19.0 Å². The number of aromatic nitrogens is 3. The van der Waals surface area contributed by atoms with Crippen LogP contribution in [0, 0.1) is 0 Å². The van der Waals surface area contributed by atoms with E-state index in [1.165, 1.54) is 0 Å². The van der Waals surface area contributed by atoms with Gasteiger partial charge in [0.05, 0.1) is 13.5 Å². The van der Waals surface area contributed by atoms with Gasteiger partial charge in [0.1, 0.15) is 11.3 Å². The second-order valence-corrected chi connectivity index (χ2v) is 8.41. The van der Waals surface area contributed by atoms with Gasteiger partial charge in [-0.15, -0.1) is 0 Å². The van der Waals surface area contributed by atoms with Crippen molar-refractivity contribution in [1.82, 2.24) is 24.3 Å². The molecule has 1 saturated carbocycles. The monoisotopic (exact) mass is 447 g/mol. The number of rotatable bonds is 5. The molecule has 9 heteroatoms. The number of hydrogen-bond donors (Lipinski definition) is 0. The fraction of sp³-hybridized carbons (Fsp3) is 0.375. The third-order valence-corrected chi connectivity index (χ3v) is 6.20. The molecule has 0 N–H and O–H groups in total. The molecule has 2 amide bonds. The molecule has 9 nitrogen and oxygen atoms in total. The van der Waals surface area contributed by atoms with Crippen LogP contribution in [0.25, 0.3) is 11.2 Å². The van der Waals surface area contributed by atoms with E-state index in [0.717, 1.165) is 24.2 Å². The van der Waals surface area contributed by atoms with Gasteiger partial charge in [-0.2, -0.15) is 0 Å². The number of piperazine rings is 1. The molecular formula is C24H25N5O4. The zero-order valence-electron chi connectivity index (χ0n) is 18.4. The lowest BCUT2D eigenvalue weighted by atomic mass is 10.1. The van der Waals surface area contributed by atoms with Crippen LogP contribution in [-0.4, -0.2) is 69.4 Å². The lowest BCUT2D eigenvalue weighted by Gasteiger charge is -2.34. The molecule has 3 heterocycles. The standard InChI is InChI=1S/C24H25N5O4/c1-33-18-8-4-16(5-9-18)15-20(30)27-11-13-28(14-12-27)23(31)21-24(32)29(17-6-7-17)22-19(26-21)3-2-10-25-22/h2-5,8-10,17H,6-7,11-15H2,1H3. The molecule has 0 bridgehead atoms. The summed E-state index contributed by atoms with van der Waals surface area (Å²) in [5.41, 5.74) is 1.53. The molecule has 1 aliphatic heterocycles. The molecule has 0 spiro atoms. The molecule has 0 radical (unpaired) electrons. The molecule has 2 fully saturated rings. The molecule has 33 heavy (non-hydrogen) atoms. The van der Waals surface area contributed by atoms with E-state index in [0.29, 0.717) is 43.8 Å². The second kappa shape index (κ2) is 8.65. The molecular weight excluding hydrogens is 422 g/mol. The lowest BCUT2D eigenvalue weighted by Crippen LogP contribution is -2.52. The third-order valence-electron chi connectivity index (χ3n) is 6.20. The minimum Gasteiger partial charge on any atom is -0.497 e. The first-order chi connectivity index (χ1) is 16.0. The second-order valence-electron chi connectivity index (χ2n) is 8.41. The number of fused-ring (bicyclic) bond motifs is 1. The molecule has 170 valence electrons. The van der Waals surface area contributed by atoms with Crippen LogP contribution < -0.4 is 10.3 Å². The number of carbonyl (C=O) groups is 2. The molecule has 0 unspecified atom stereocenters. The van der Waals surface area contributed by atoms with Crippen molar-refractivity contribution in [3.8, 4) is 5.75 Å². The number of carbonyl (C=O) groups excluding carboxylic acids is 2. The average Bonchev–Trinajstić information content (AvgIpc) is 3.69. The Morgan fingerprint density at radius 3 is 2.39 bits per heavy atom. The Balaban J connectivity index is 1.28. The SMILES string of the molecule is COc1ccc(CC(=O)N2CCN(C(=O)c3nc4cccnc4n(C4CC4)c3=O)CC2)cc1. The van der Waals surface area contributed by atoms with Crippen molar-refractivity contribution in [2.45, 2.75) is 25.3 Å². The van der Waals surface area contributed by atoms with Gasteiger partial charge in [-0.05, 0) is 42.7 Å². The van der Waals surface area contributed by atoms with Gasteiger partial charge >= 0.3 is 0 Å². The zero-order valence-corrected chi connectivity index (χ0v) is 18.4. The molecule has 1 aromatic carbocycles. The number of hydrogen-bond acceptors (Lipinski definition) is 6. The van der Waals surface area contributed by atoms with Gasteiger partial charge < -0.3 is 14.5 Å². The van der Waals surface area contributed by atoms with Gasteiger partial charge in [0, 0.05) is 38.4 Å². The summed E-state index contributed by atoms with van der Waals surface area (Å²) in [6, 6.07) is 11.0. The van der Waals surface area contributed by atoms with Crippen LogP contribution in [0.2, 0.25) is 0 Å². The topological polar surface area (TPSA) is 97.6 Å². The molecule has 2 aliphatic rings. The summed E-state index contributed by atoms with van der Waals surface area (Å²) in [6.07, 6.45) is 3.73. The van der Waals surface area contributed by atoms with E-state index in [4.69, 9.17) is 4.74 Å². The first kappa shape index (κ1) is 21.1. The fourth-order valence-corrected chi connectivity index (χ4v) is 4.19. The largest absolute Gasteiger partial charge is 0.497 e. The molecule has 2 aromatic heterocycles. The highest BCUT2D eigenvalue weighted by Gasteiger charge is 2.32. The summed E-state index contributed by atoms with van der Waals surface area (Å²) in [7, 11) is 1.60. The van der Waals surface area contributed by atoms with Crippen molar-refractivity contribution >= 4 is 23.0 Å². The first-order valence-electron chi connectivity index (χ1n) is 11.1. The Labute approximate surface area is 190 Å². The number of ether oxygens (including phenoxy) is 1. The molecule has 3 aromatic rings. The van der Waals surface area contributed by atoms with E-state index in [-0.39, 0.29) is 29.1 Å². The number of methoxy groups -OCH3 is 1. The van der Waals surface area contributed by atoms with Gasteiger partial charge in [-0.25, -0.2) is 9.97 Å². The van der Waals surface area contributed by atoms with E-state index in [1.807, 2.05) is 24.3 Å². The Bertz CT molecular complexity index is 1260.